The number of nitrogens with one attached hydrogen (secondary N) is 2. The van der Waals surface area contributed by atoms with E-state index in [1.807, 2.05) is 0 Å². The highest BCUT2D eigenvalue weighted by Gasteiger charge is 2.53. The minimum atomic E-state index is -4.17. The van der Waals surface area contributed by atoms with E-state index in [4.69, 9.17) is 18.9 Å². The number of aliphatic carboxylic acids is 2. The van der Waals surface area contributed by atoms with E-state index < -0.39 is 95.1 Å². The number of amides is 6. The topological polar surface area (TPSA) is 386 Å². The van der Waals surface area contributed by atoms with Crippen LogP contribution in [0.5, 0.6) is 11.5 Å². The third-order valence-corrected chi connectivity index (χ3v) is 24.3. The molecule has 4 aliphatic heterocycles. The van der Waals surface area contributed by atoms with Gasteiger partial charge in [-0.05, 0) is 120 Å². The van der Waals surface area contributed by atoms with Crippen molar-refractivity contribution >= 4 is 103 Å². The summed E-state index contributed by atoms with van der Waals surface area (Å²) in [6.45, 7) is 10.2. The van der Waals surface area contributed by atoms with Crippen molar-refractivity contribution in [2.45, 2.75) is 130 Å². The lowest BCUT2D eigenvalue weighted by Crippen LogP contribution is -2.56. The van der Waals surface area contributed by atoms with E-state index in [1.54, 1.807) is 44.7 Å². The highest BCUT2D eigenvalue weighted by Crippen LogP contribution is 2.44. The summed E-state index contributed by atoms with van der Waals surface area (Å²) in [7, 11) is -8.33. The number of carbonyl (C=O) groups excluding carboxylic acids is 8. The molecule has 542 valence electrons. The summed E-state index contributed by atoms with van der Waals surface area (Å²) in [6.07, 6.45) is 4.57. The molecule has 2 aromatic heterocycles. The summed E-state index contributed by atoms with van der Waals surface area (Å²) >= 11 is 2.48. The maximum atomic E-state index is 13.8. The minimum Gasteiger partial charge on any atom is -0.480 e. The van der Waals surface area contributed by atoms with Gasteiger partial charge in [-0.2, -0.15) is 8.61 Å². The first-order valence-electron chi connectivity index (χ1n) is 32.3. The number of carboxylic acids is 2. The van der Waals surface area contributed by atoms with Crippen LogP contribution in [0.25, 0.3) is 0 Å². The number of rotatable bonds is 31. The fraction of sp³-hybridized carbons (Fsp3) is 0.515. The number of hydrogen-bond donors (Lipinski definition) is 4. The van der Waals surface area contributed by atoms with Crippen molar-refractivity contribution in [3.8, 4) is 11.5 Å². The maximum Gasteiger partial charge on any atom is 0.415 e. The van der Waals surface area contributed by atoms with Crippen LogP contribution < -0.4 is 20.1 Å². The molecule has 100 heavy (non-hydrogen) atoms. The lowest BCUT2D eigenvalue weighted by atomic mass is 9.79. The fourth-order valence-corrected chi connectivity index (χ4v) is 18.2. The molecule has 4 saturated heterocycles. The first-order valence-corrected chi connectivity index (χ1v) is 37.1. The average Bonchev–Trinajstić information content (AvgIpc) is 1.59. The number of ether oxygens (including phenoxy) is 4. The zero-order chi connectivity index (χ0) is 72.7. The maximum absolute atomic E-state index is 13.8. The number of carbonyl (C=O) groups is 10. The summed E-state index contributed by atoms with van der Waals surface area (Å²) in [5.74, 6) is -4.96. The molecule has 8 rings (SSSR count). The number of aromatic nitrogens is 2. The number of benzene rings is 2. The Hall–Kier alpha value is -8.12. The number of Topliss-reactive ketones (excluding diaryl/α,β-unsaturated/α-hetero) is 2. The number of nitrogens with zero attached hydrogens (tertiary/aromatic N) is 8. The molecule has 0 radical (unpaired) electrons. The van der Waals surface area contributed by atoms with E-state index >= 15 is 0 Å². The summed E-state index contributed by atoms with van der Waals surface area (Å²) in [4.78, 5) is 144. The highest BCUT2D eigenvalue weighted by molar-refractivity contribution is 8.02. The molecule has 4 aromatic rings. The lowest BCUT2D eigenvalue weighted by Gasteiger charge is -2.36. The molecule has 0 unspecified atom stereocenters. The van der Waals surface area contributed by atoms with Gasteiger partial charge < -0.3 is 64.2 Å². The molecule has 4 aliphatic rings. The molecule has 34 heteroatoms. The Kier molecular flexibility index (Phi) is 26.4. The molecule has 6 heterocycles. The summed E-state index contributed by atoms with van der Waals surface area (Å²) in [5.41, 5.74) is 0.0464. The molecule has 30 nitrogen and oxygen atoms in total. The van der Waals surface area contributed by atoms with Gasteiger partial charge in [-0.1, -0.05) is 24.3 Å². The third kappa shape index (κ3) is 20.3. The second-order valence-corrected chi connectivity index (χ2v) is 32.9. The molecule has 0 saturated carbocycles. The van der Waals surface area contributed by atoms with Gasteiger partial charge in [0.2, 0.25) is 43.7 Å². The van der Waals surface area contributed by atoms with Gasteiger partial charge in [0.05, 0.1) is 25.0 Å². The molecule has 6 amide bonds. The van der Waals surface area contributed by atoms with Crippen molar-refractivity contribution in [3.63, 3.8) is 0 Å². The second kappa shape index (κ2) is 34.0. The molecule has 2 aromatic carbocycles. The largest absolute Gasteiger partial charge is 0.480 e. The van der Waals surface area contributed by atoms with E-state index in [0.717, 1.165) is 8.61 Å². The number of hydrogen-bond acceptors (Lipinski definition) is 22. The van der Waals surface area contributed by atoms with Crippen molar-refractivity contribution in [3.05, 3.63) is 109 Å². The standard InChI is InChI=1S/C66H84N10O20S4/c1-44(77)21-23-66(40-93-38-45(2)78,22-7-12-54(79)71-26-30-73(31-27-71)62(87)95-48-17-13-46(14-18-48)34-52(60(83)84)69-58(81)56-64(3,4)97-42-75(56)99(89,90)50-10-8-24-67-36-50)41-94-39-55(80)72-28-32-74(33-29-72)63(88)96-49-19-15-47(16-20-49)35-53(61(85)86)70-59(82)57-65(5,6)98-43-76(57)100(91,92)51-11-9-25-68-37-51/h8-11,13-20,24-25,36-37,52-53,56-57H,7,12,21-23,26-35,38-43H2,1-6H3,(H,69,81)(H,70,82)(H,83,84)(H,85,86)/t52-,53+,56-,57-,66-/m1/s1. The Labute approximate surface area is 588 Å². The molecule has 4 N–H and O–H groups in total. The van der Waals surface area contributed by atoms with Crippen molar-refractivity contribution < 1.29 is 93.9 Å². The number of carboxylic acid groups (broad SMARTS) is 2. The van der Waals surface area contributed by atoms with Gasteiger partial charge in [-0.15, -0.1) is 23.5 Å². The highest BCUT2D eigenvalue weighted by atomic mass is 32.2. The Morgan fingerprint density at radius 3 is 1.33 bits per heavy atom. The smallest absolute Gasteiger partial charge is 0.415 e. The van der Waals surface area contributed by atoms with E-state index in [-0.39, 0.29) is 167 Å². The summed E-state index contributed by atoms with van der Waals surface area (Å²) in [5, 5.41) is 25.3. The third-order valence-electron chi connectivity index (χ3n) is 17.6. The van der Waals surface area contributed by atoms with Crippen LogP contribution >= 0.6 is 23.5 Å². The zero-order valence-corrected chi connectivity index (χ0v) is 59.6. The average molecular weight is 1470 g/mol. The first-order chi connectivity index (χ1) is 47.3. The molecule has 0 spiro atoms. The quantitative estimate of drug-likeness (QED) is 0.0554. The van der Waals surface area contributed by atoms with Gasteiger partial charge in [0.25, 0.3) is 0 Å². The van der Waals surface area contributed by atoms with E-state index in [0.29, 0.717) is 24.0 Å². The van der Waals surface area contributed by atoms with E-state index in [9.17, 15) is 75.0 Å². The van der Waals surface area contributed by atoms with Crippen molar-refractivity contribution in [2.24, 2.45) is 5.41 Å². The van der Waals surface area contributed by atoms with Gasteiger partial charge in [-0.25, -0.2) is 36.0 Å². The normalized spacial score (nSPS) is 19.2. The lowest BCUT2D eigenvalue weighted by molar-refractivity contribution is -0.142. The zero-order valence-electron chi connectivity index (χ0n) is 56.3. The van der Waals surface area contributed by atoms with Crippen LogP contribution in [0.4, 0.5) is 9.59 Å². The van der Waals surface area contributed by atoms with Gasteiger partial charge in [-0.3, -0.25) is 33.9 Å². The fourth-order valence-electron chi connectivity index (χ4n) is 11.9. The predicted octanol–water partition coefficient (Wildman–Crippen LogP) is 3.92. The minimum absolute atomic E-state index is 0.0133. The Bertz CT molecular complexity index is 3610. The molecule has 4 fully saturated rings. The number of ketones is 2. The van der Waals surface area contributed by atoms with Crippen LogP contribution in [-0.4, -0.2) is 249 Å². The van der Waals surface area contributed by atoms with E-state index in [1.165, 1.54) is 138 Å². The van der Waals surface area contributed by atoms with Crippen LogP contribution in [0.2, 0.25) is 0 Å². The number of piperazine rings is 2. The Morgan fingerprint density at radius 2 is 0.950 bits per heavy atom. The van der Waals surface area contributed by atoms with Gasteiger partial charge >= 0.3 is 24.1 Å². The van der Waals surface area contributed by atoms with E-state index in [2.05, 4.69) is 20.6 Å². The molecule has 0 aliphatic carbocycles. The summed E-state index contributed by atoms with van der Waals surface area (Å²) < 4.78 is 77.7. The monoisotopic (exact) mass is 1460 g/mol. The molecular formula is C66H84N10O20S4. The number of sulfonamides is 2. The molecule has 5 atom stereocenters. The Balaban J connectivity index is 0.765. The van der Waals surface area contributed by atoms with Crippen molar-refractivity contribution in [1.82, 2.24) is 48.8 Å². The van der Waals surface area contributed by atoms with Gasteiger partial charge in [0.1, 0.15) is 64.5 Å². The van der Waals surface area contributed by atoms with Gasteiger partial charge in [0, 0.05) is 118 Å². The predicted molar refractivity (Wildman–Crippen MR) is 363 cm³/mol. The first kappa shape index (κ1) is 77.6. The Morgan fingerprint density at radius 1 is 0.550 bits per heavy atom. The number of thioether (sulfide) groups is 2. The molecule has 0 bridgehead atoms. The van der Waals surface area contributed by atoms with Crippen LogP contribution in [0.3, 0.4) is 0 Å². The van der Waals surface area contributed by atoms with Crippen molar-refractivity contribution in [2.75, 3.05) is 90.5 Å². The van der Waals surface area contributed by atoms with Crippen molar-refractivity contribution in [1.29, 1.82) is 0 Å². The summed E-state index contributed by atoms with van der Waals surface area (Å²) in [6, 6.07) is 12.3. The van der Waals surface area contributed by atoms with Crippen LogP contribution in [-0.2, 0) is 80.7 Å². The van der Waals surface area contributed by atoms with Crippen LogP contribution in [0.1, 0.15) is 84.8 Å². The SMILES string of the molecule is CC(=O)CC[C@](CCCC(=O)N1CCN(C(=O)Oc2ccc(C[C@@H](NC(=O)[C@H]3N(S(=O)(=O)c4cccnc4)CSC3(C)C)C(=O)O)cc2)CC1)(COCC(C)=O)COCC(=O)N1CCN(C(=O)Oc2ccc(C[C@H](NC(=O)[C@H]3N(S(=O)(=O)c4cccnc4)CSC3(C)C)C(=O)O)cc2)CC1. The second-order valence-electron chi connectivity index (χ2n) is 25.9. The number of pyridine rings is 2. The van der Waals surface area contributed by atoms with Crippen LogP contribution in [0, 0.1) is 5.41 Å². The van der Waals surface area contributed by atoms with Crippen LogP contribution in [0.15, 0.2) is 107 Å². The molecular weight excluding hydrogens is 1380 g/mol. The van der Waals surface area contributed by atoms with Gasteiger partial charge in [0.15, 0.2) is 5.78 Å².